The third kappa shape index (κ3) is 4.59. The summed E-state index contributed by atoms with van der Waals surface area (Å²) in [7, 11) is 0. The van der Waals surface area contributed by atoms with Crippen LogP contribution < -0.4 is 10.6 Å². The molecule has 0 aliphatic carbocycles. The number of alkyl halides is 1. The molecule has 0 saturated carbocycles. The molecule has 2 aromatic carbocycles. The monoisotopic (exact) mass is 387 g/mol. The summed E-state index contributed by atoms with van der Waals surface area (Å²) < 4.78 is 5.82. The number of anilines is 1. The van der Waals surface area contributed by atoms with Crippen LogP contribution in [0.3, 0.4) is 0 Å². The van der Waals surface area contributed by atoms with Crippen LogP contribution in [0.1, 0.15) is 18.4 Å². The Morgan fingerprint density at radius 3 is 2.92 bits per heavy atom. The summed E-state index contributed by atoms with van der Waals surface area (Å²) in [6, 6.07) is 13.4. The Morgan fingerprint density at radius 1 is 1.27 bits per heavy atom. The van der Waals surface area contributed by atoms with E-state index < -0.39 is 0 Å². The van der Waals surface area contributed by atoms with Gasteiger partial charge in [0.1, 0.15) is 5.52 Å². The number of rotatable bonds is 5. The Morgan fingerprint density at radius 2 is 2.12 bits per heavy atom. The van der Waals surface area contributed by atoms with E-state index in [9.17, 15) is 4.79 Å². The number of carbonyl (C=O) groups is 1. The Hall–Kier alpha value is -2.44. The van der Waals surface area contributed by atoms with Crippen LogP contribution in [0.25, 0.3) is 22.6 Å². The molecule has 0 radical (unpaired) electrons. The lowest BCUT2D eigenvalue weighted by atomic mass is 10.2. The average Bonchev–Trinajstić information content (AvgIpc) is 3.03. The van der Waals surface area contributed by atoms with E-state index in [1.807, 2.05) is 49.4 Å². The van der Waals surface area contributed by atoms with Crippen molar-refractivity contribution >= 4 is 51.6 Å². The SMILES string of the molecule is Cc1ccc2oc(-c3cccc(NC(=S)NC(=O)CCCCl)c3)nc2c1. The highest BCUT2D eigenvalue weighted by Crippen LogP contribution is 2.26. The molecule has 3 rings (SSSR count). The normalized spacial score (nSPS) is 10.7. The van der Waals surface area contributed by atoms with E-state index in [1.165, 1.54) is 0 Å². The number of nitrogens with one attached hydrogen (secondary N) is 2. The molecule has 134 valence electrons. The second-order valence-corrected chi connectivity index (χ2v) is 6.65. The van der Waals surface area contributed by atoms with Crippen molar-refractivity contribution in [2.24, 2.45) is 0 Å². The summed E-state index contributed by atoms with van der Waals surface area (Å²) >= 11 is 10.8. The third-order valence-electron chi connectivity index (χ3n) is 3.70. The van der Waals surface area contributed by atoms with E-state index in [4.69, 9.17) is 28.2 Å². The molecule has 0 aliphatic rings. The van der Waals surface area contributed by atoms with Gasteiger partial charge in [0.15, 0.2) is 10.7 Å². The molecule has 0 fully saturated rings. The Balaban J connectivity index is 1.73. The Labute approximate surface area is 161 Å². The molecule has 7 heteroatoms. The van der Waals surface area contributed by atoms with Crippen LogP contribution in [-0.4, -0.2) is 21.9 Å². The molecular weight excluding hydrogens is 370 g/mol. The number of aromatic nitrogens is 1. The zero-order valence-electron chi connectivity index (χ0n) is 14.2. The van der Waals surface area contributed by atoms with Crippen LogP contribution in [0.4, 0.5) is 5.69 Å². The first-order valence-electron chi connectivity index (χ1n) is 8.19. The van der Waals surface area contributed by atoms with Gasteiger partial charge in [-0.2, -0.15) is 0 Å². The van der Waals surface area contributed by atoms with Gasteiger partial charge in [0.25, 0.3) is 0 Å². The molecule has 5 nitrogen and oxygen atoms in total. The molecular formula is C19H18ClN3O2S. The fourth-order valence-corrected chi connectivity index (χ4v) is 2.84. The van der Waals surface area contributed by atoms with Gasteiger partial charge in [0, 0.05) is 23.6 Å². The van der Waals surface area contributed by atoms with Crippen molar-refractivity contribution in [3.05, 3.63) is 48.0 Å². The molecule has 0 aliphatic heterocycles. The molecule has 1 aromatic heterocycles. The highest BCUT2D eigenvalue weighted by Gasteiger charge is 2.10. The van der Waals surface area contributed by atoms with Crippen molar-refractivity contribution in [1.29, 1.82) is 0 Å². The molecule has 1 amide bonds. The number of benzene rings is 2. The van der Waals surface area contributed by atoms with Crippen LogP contribution >= 0.6 is 23.8 Å². The molecule has 2 N–H and O–H groups in total. The summed E-state index contributed by atoms with van der Waals surface area (Å²) in [4.78, 5) is 16.2. The van der Waals surface area contributed by atoms with Crippen LogP contribution in [-0.2, 0) is 4.79 Å². The molecule has 1 heterocycles. The third-order valence-corrected chi connectivity index (χ3v) is 4.17. The molecule has 0 saturated heterocycles. The Kier molecular flexibility index (Phi) is 5.85. The van der Waals surface area contributed by atoms with Gasteiger partial charge < -0.3 is 15.1 Å². The van der Waals surface area contributed by atoms with Crippen LogP contribution in [0.15, 0.2) is 46.9 Å². The number of amides is 1. The predicted molar refractivity (Wildman–Crippen MR) is 108 cm³/mol. The number of hydrogen-bond donors (Lipinski definition) is 2. The minimum atomic E-state index is -0.159. The fraction of sp³-hybridized carbons (Fsp3) is 0.211. The van der Waals surface area contributed by atoms with Crippen molar-refractivity contribution in [3.8, 4) is 11.5 Å². The van der Waals surface area contributed by atoms with E-state index in [0.29, 0.717) is 24.6 Å². The molecule has 0 bridgehead atoms. The van der Waals surface area contributed by atoms with Gasteiger partial charge in [-0.15, -0.1) is 11.6 Å². The van der Waals surface area contributed by atoms with Crippen molar-refractivity contribution in [1.82, 2.24) is 10.3 Å². The summed E-state index contributed by atoms with van der Waals surface area (Å²) in [5, 5.41) is 5.88. The predicted octanol–water partition coefficient (Wildman–Crippen LogP) is 4.64. The van der Waals surface area contributed by atoms with E-state index in [0.717, 1.165) is 27.9 Å². The maximum atomic E-state index is 11.7. The lowest BCUT2D eigenvalue weighted by molar-refractivity contribution is -0.119. The number of oxazole rings is 1. The zero-order chi connectivity index (χ0) is 18.5. The smallest absolute Gasteiger partial charge is 0.227 e. The van der Waals surface area contributed by atoms with Gasteiger partial charge >= 0.3 is 0 Å². The first-order chi connectivity index (χ1) is 12.5. The summed E-state index contributed by atoms with van der Waals surface area (Å²) in [6.07, 6.45) is 0.955. The van der Waals surface area contributed by atoms with Crippen LogP contribution in [0.5, 0.6) is 0 Å². The quantitative estimate of drug-likeness (QED) is 0.493. The average molecular weight is 388 g/mol. The minimum Gasteiger partial charge on any atom is -0.436 e. The number of fused-ring (bicyclic) bond motifs is 1. The molecule has 26 heavy (non-hydrogen) atoms. The number of nitrogens with zero attached hydrogens (tertiary/aromatic N) is 1. The van der Waals surface area contributed by atoms with Gasteiger partial charge in [-0.1, -0.05) is 12.1 Å². The van der Waals surface area contributed by atoms with Crippen molar-refractivity contribution in [3.63, 3.8) is 0 Å². The van der Waals surface area contributed by atoms with Gasteiger partial charge in [-0.3, -0.25) is 4.79 Å². The van der Waals surface area contributed by atoms with E-state index in [-0.39, 0.29) is 11.0 Å². The van der Waals surface area contributed by atoms with Gasteiger partial charge in [0.05, 0.1) is 0 Å². The van der Waals surface area contributed by atoms with Gasteiger partial charge in [-0.05, 0) is 61.5 Å². The maximum absolute atomic E-state index is 11.7. The number of thiocarbonyl (C=S) groups is 1. The van der Waals surface area contributed by atoms with E-state index in [2.05, 4.69) is 15.6 Å². The van der Waals surface area contributed by atoms with E-state index in [1.54, 1.807) is 0 Å². The maximum Gasteiger partial charge on any atom is 0.227 e. The zero-order valence-corrected chi connectivity index (χ0v) is 15.8. The van der Waals surface area contributed by atoms with Crippen molar-refractivity contribution in [2.45, 2.75) is 19.8 Å². The fourth-order valence-electron chi connectivity index (χ4n) is 2.47. The number of hydrogen-bond acceptors (Lipinski definition) is 4. The Bertz CT molecular complexity index is 955. The molecule has 3 aromatic rings. The summed E-state index contributed by atoms with van der Waals surface area (Å²) in [6.45, 7) is 2.01. The second-order valence-electron chi connectivity index (χ2n) is 5.87. The lowest BCUT2D eigenvalue weighted by Crippen LogP contribution is -2.33. The minimum absolute atomic E-state index is 0.159. The number of aryl methyl sites for hydroxylation is 1. The lowest BCUT2D eigenvalue weighted by Gasteiger charge is -2.09. The second kappa shape index (κ2) is 8.29. The molecule has 0 unspecified atom stereocenters. The first kappa shape index (κ1) is 18.4. The molecule has 0 atom stereocenters. The highest BCUT2D eigenvalue weighted by molar-refractivity contribution is 7.80. The summed E-state index contributed by atoms with van der Waals surface area (Å²) in [5.74, 6) is 0.819. The van der Waals surface area contributed by atoms with Crippen molar-refractivity contribution in [2.75, 3.05) is 11.2 Å². The highest BCUT2D eigenvalue weighted by atomic mass is 35.5. The topological polar surface area (TPSA) is 67.2 Å². The van der Waals surface area contributed by atoms with Crippen LogP contribution in [0.2, 0.25) is 0 Å². The van der Waals surface area contributed by atoms with Crippen LogP contribution in [0, 0.1) is 6.92 Å². The number of halogens is 1. The standard InChI is InChI=1S/C19H18ClN3O2S/c1-12-7-8-16-15(10-12)22-18(25-16)13-4-2-5-14(11-13)21-19(26)23-17(24)6-3-9-20/h2,4-5,7-8,10-11H,3,6,9H2,1H3,(H2,21,23,24,26). The first-order valence-corrected chi connectivity index (χ1v) is 9.14. The summed E-state index contributed by atoms with van der Waals surface area (Å²) in [5.41, 5.74) is 4.25. The van der Waals surface area contributed by atoms with E-state index >= 15 is 0 Å². The molecule has 0 spiro atoms. The van der Waals surface area contributed by atoms with Gasteiger partial charge in [0.2, 0.25) is 11.8 Å². The van der Waals surface area contributed by atoms with Crippen molar-refractivity contribution < 1.29 is 9.21 Å². The van der Waals surface area contributed by atoms with Gasteiger partial charge in [-0.25, -0.2) is 4.98 Å². The number of carbonyl (C=O) groups excluding carboxylic acids is 1. The largest absolute Gasteiger partial charge is 0.436 e.